The van der Waals surface area contributed by atoms with Crippen LogP contribution in [0.25, 0.3) is 6.08 Å². The molecule has 1 saturated heterocycles. The van der Waals surface area contributed by atoms with Gasteiger partial charge in [0, 0.05) is 31.7 Å². The first kappa shape index (κ1) is 24.7. The lowest BCUT2D eigenvalue weighted by Gasteiger charge is -2.18. The summed E-state index contributed by atoms with van der Waals surface area (Å²) < 4.78 is 26.4. The second kappa shape index (κ2) is 10.8. The Hall–Kier alpha value is -2.95. The zero-order valence-corrected chi connectivity index (χ0v) is 20.0. The van der Waals surface area contributed by atoms with Crippen molar-refractivity contribution in [3.05, 3.63) is 70.6 Å². The van der Waals surface area contributed by atoms with Crippen molar-refractivity contribution in [3.8, 4) is 0 Å². The first-order chi connectivity index (χ1) is 15.8. The second-order valence-corrected chi connectivity index (χ2v) is 10.0. The van der Waals surface area contributed by atoms with Crippen molar-refractivity contribution in [2.45, 2.75) is 18.7 Å². The summed E-state index contributed by atoms with van der Waals surface area (Å²) in [5.41, 5.74) is 1.11. The Morgan fingerprint density at radius 3 is 2.27 bits per heavy atom. The van der Waals surface area contributed by atoms with Gasteiger partial charge in [-0.3, -0.25) is 19.3 Å². The largest absolute Gasteiger partial charge is 0.350 e. The van der Waals surface area contributed by atoms with Crippen LogP contribution in [-0.4, -0.2) is 60.9 Å². The molecule has 0 saturated carbocycles. The van der Waals surface area contributed by atoms with Crippen LogP contribution in [0, 0.1) is 0 Å². The average molecular weight is 488 g/mol. The number of rotatable bonds is 9. The molecule has 3 rings (SSSR count). The van der Waals surface area contributed by atoms with Gasteiger partial charge in [0.05, 0.1) is 9.80 Å². The molecule has 0 radical (unpaired) electrons. The van der Waals surface area contributed by atoms with Gasteiger partial charge in [0.1, 0.15) is 0 Å². The Balaban J connectivity index is 1.58. The van der Waals surface area contributed by atoms with E-state index in [1.54, 1.807) is 19.9 Å². The molecular formula is C23H25N3O5S2. The van der Waals surface area contributed by atoms with E-state index in [9.17, 15) is 22.8 Å². The van der Waals surface area contributed by atoms with E-state index in [-0.39, 0.29) is 28.8 Å². The van der Waals surface area contributed by atoms with Gasteiger partial charge in [-0.25, -0.2) is 8.42 Å². The lowest BCUT2D eigenvalue weighted by molar-refractivity contribution is -0.122. The van der Waals surface area contributed by atoms with E-state index in [1.807, 2.05) is 30.3 Å². The zero-order chi connectivity index (χ0) is 24.0. The fourth-order valence-corrected chi connectivity index (χ4v) is 5.59. The van der Waals surface area contributed by atoms with E-state index >= 15 is 0 Å². The fourth-order valence-electron chi connectivity index (χ4n) is 3.27. The molecule has 10 heteroatoms. The molecule has 1 aliphatic heterocycles. The third kappa shape index (κ3) is 5.70. The highest BCUT2D eigenvalue weighted by molar-refractivity contribution is 8.18. The highest BCUT2D eigenvalue weighted by Crippen LogP contribution is 2.31. The van der Waals surface area contributed by atoms with Crippen LogP contribution < -0.4 is 5.32 Å². The number of sulfonamides is 1. The van der Waals surface area contributed by atoms with Crippen LogP contribution in [0.2, 0.25) is 0 Å². The quantitative estimate of drug-likeness (QED) is 0.545. The molecule has 174 valence electrons. The van der Waals surface area contributed by atoms with Crippen molar-refractivity contribution in [3.63, 3.8) is 0 Å². The number of amides is 3. The maximum Gasteiger partial charge on any atom is 0.293 e. The van der Waals surface area contributed by atoms with Crippen molar-refractivity contribution < 1.29 is 22.8 Å². The van der Waals surface area contributed by atoms with Crippen LogP contribution in [0.1, 0.15) is 29.8 Å². The summed E-state index contributed by atoms with van der Waals surface area (Å²) in [4.78, 5) is 38.7. The normalized spacial score (nSPS) is 15.5. The first-order valence-corrected chi connectivity index (χ1v) is 12.7. The Kier molecular flexibility index (Phi) is 8.06. The maximum absolute atomic E-state index is 12.5. The zero-order valence-electron chi connectivity index (χ0n) is 18.4. The highest BCUT2D eigenvalue weighted by atomic mass is 32.2. The molecule has 2 aromatic rings. The summed E-state index contributed by atoms with van der Waals surface area (Å²) >= 11 is 0.867. The van der Waals surface area contributed by atoms with Crippen molar-refractivity contribution in [2.75, 3.05) is 26.2 Å². The molecule has 1 heterocycles. The summed E-state index contributed by atoms with van der Waals surface area (Å²) in [6.45, 7) is 4.35. The Labute approximate surface area is 197 Å². The Morgan fingerprint density at radius 2 is 1.67 bits per heavy atom. The van der Waals surface area contributed by atoms with Crippen LogP contribution in [-0.2, 0) is 14.8 Å². The van der Waals surface area contributed by atoms with E-state index < -0.39 is 21.8 Å². The number of thioether (sulfide) groups is 1. The predicted octanol–water partition coefficient (Wildman–Crippen LogP) is 3.18. The van der Waals surface area contributed by atoms with Gasteiger partial charge in [-0.2, -0.15) is 4.31 Å². The number of benzene rings is 2. The van der Waals surface area contributed by atoms with Crippen LogP contribution in [0.15, 0.2) is 64.4 Å². The lowest BCUT2D eigenvalue weighted by Crippen LogP contribution is -2.37. The summed E-state index contributed by atoms with van der Waals surface area (Å²) in [6.07, 6.45) is 1.66. The van der Waals surface area contributed by atoms with Crippen molar-refractivity contribution in [1.29, 1.82) is 0 Å². The van der Waals surface area contributed by atoms with E-state index in [1.165, 1.54) is 28.6 Å². The van der Waals surface area contributed by atoms with E-state index in [2.05, 4.69) is 5.32 Å². The molecule has 0 atom stereocenters. The van der Waals surface area contributed by atoms with Crippen LogP contribution in [0.5, 0.6) is 0 Å². The summed E-state index contributed by atoms with van der Waals surface area (Å²) in [5, 5.41) is 2.27. The SMILES string of the molecule is CCN(CC)S(=O)(=O)c1ccc(C(=O)NCCN2C(=O)SC(=Cc3ccccc3)C2=O)cc1. The molecule has 0 bridgehead atoms. The number of imide groups is 1. The predicted molar refractivity (Wildman–Crippen MR) is 128 cm³/mol. The molecule has 1 fully saturated rings. The molecule has 3 amide bonds. The standard InChI is InChI=1S/C23H25N3O5S2/c1-3-25(4-2)33(30,31)19-12-10-18(11-13-19)21(27)24-14-15-26-22(28)20(32-23(26)29)16-17-8-6-5-7-9-17/h5-13,16H,3-4,14-15H2,1-2H3,(H,24,27). The smallest absolute Gasteiger partial charge is 0.293 e. The monoisotopic (exact) mass is 487 g/mol. The van der Waals surface area contributed by atoms with E-state index in [0.29, 0.717) is 18.0 Å². The molecule has 2 aromatic carbocycles. The average Bonchev–Trinajstić information content (AvgIpc) is 3.07. The topological polar surface area (TPSA) is 104 Å². The van der Waals surface area contributed by atoms with Crippen molar-refractivity contribution in [2.24, 2.45) is 0 Å². The van der Waals surface area contributed by atoms with Crippen molar-refractivity contribution in [1.82, 2.24) is 14.5 Å². The van der Waals surface area contributed by atoms with Crippen molar-refractivity contribution >= 4 is 44.9 Å². The Bertz CT molecular complexity index is 1160. The minimum atomic E-state index is -3.60. The number of hydrogen-bond acceptors (Lipinski definition) is 6. The Morgan fingerprint density at radius 1 is 1.03 bits per heavy atom. The maximum atomic E-state index is 12.5. The molecule has 0 spiro atoms. The van der Waals surface area contributed by atoms with E-state index in [0.717, 1.165) is 22.2 Å². The summed E-state index contributed by atoms with van der Waals surface area (Å²) in [7, 11) is -3.60. The van der Waals surface area contributed by atoms with Gasteiger partial charge in [-0.05, 0) is 47.7 Å². The van der Waals surface area contributed by atoms with Crippen LogP contribution in [0.3, 0.4) is 0 Å². The minimum absolute atomic E-state index is 0.0386. The molecule has 0 aliphatic carbocycles. The third-order valence-corrected chi connectivity index (χ3v) is 8.02. The van der Waals surface area contributed by atoms with Gasteiger partial charge in [-0.15, -0.1) is 0 Å². The van der Waals surface area contributed by atoms with Crippen LogP contribution >= 0.6 is 11.8 Å². The number of carbonyl (C=O) groups is 3. The van der Waals surface area contributed by atoms with Gasteiger partial charge in [0.15, 0.2) is 0 Å². The molecule has 1 N–H and O–H groups in total. The van der Waals surface area contributed by atoms with Gasteiger partial charge in [-0.1, -0.05) is 44.2 Å². The molecule has 0 unspecified atom stereocenters. The van der Waals surface area contributed by atoms with Gasteiger partial charge in [0.2, 0.25) is 10.0 Å². The molecule has 33 heavy (non-hydrogen) atoms. The van der Waals surface area contributed by atoms with Gasteiger partial charge < -0.3 is 5.32 Å². The molecule has 1 aliphatic rings. The minimum Gasteiger partial charge on any atom is -0.350 e. The molecule has 0 aromatic heterocycles. The van der Waals surface area contributed by atoms with E-state index in [4.69, 9.17) is 0 Å². The number of carbonyl (C=O) groups excluding carboxylic acids is 3. The molecule has 8 nitrogen and oxygen atoms in total. The molecular weight excluding hydrogens is 462 g/mol. The van der Waals surface area contributed by atoms with Crippen LogP contribution in [0.4, 0.5) is 4.79 Å². The van der Waals surface area contributed by atoms with Gasteiger partial charge >= 0.3 is 0 Å². The third-order valence-electron chi connectivity index (χ3n) is 5.05. The summed E-state index contributed by atoms with van der Waals surface area (Å²) in [5.74, 6) is -0.817. The first-order valence-electron chi connectivity index (χ1n) is 10.5. The summed E-state index contributed by atoms with van der Waals surface area (Å²) in [6, 6.07) is 14.9. The number of nitrogens with zero attached hydrogens (tertiary/aromatic N) is 2. The number of hydrogen-bond donors (Lipinski definition) is 1. The van der Waals surface area contributed by atoms with Gasteiger partial charge in [0.25, 0.3) is 17.1 Å². The lowest BCUT2D eigenvalue weighted by atomic mass is 10.2. The second-order valence-electron chi connectivity index (χ2n) is 7.11. The number of nitrogens with one attached hydrogen (secondary N) is 1. The highest BCUT2D eigenvalue weighted by Gasteiger charge is 2.34. The fraction of sp³-hybridized carbons (Fsp3) is 0.261.